The summed E-state index contributed by atoms with van der Waals surface area (Å²) in [5.41, 5.74) is 5.68. The molecule has 0 fully saturated rings. The summed E-state index contributed by atoms with van der Waals surface area (Å²) in [6.07, 6.45) is 2.95. The maximum absolute atomic E-state index is 12.1. The number of nitrogens with zero attached hydrogens (tertiary/aromatic N) is 2. The average molecular weight is 308 g/mol. The fraction of sp³-hybridized carbons (Fsp3) is 0.308. The Morgan fingerprint density at radius 2 is 2.33 bits per heavy atom. The molecule has 7 nitrogen and oxygen atoms in total. The molecule has 0 aliphatic rings. The molecule has 0 saturated heterocycles. The Morgan fingerprint density at radius 1 is 1.52 bits per heavy atom. The van der Waals surface area contributed by atoms with Crippen molar-refractivity contribution in [3.63, 3.8) is 0 Å². The fourth-order valence-corrected chi connectivity index (χ4v) is 2.65. The van der Waals surface area contributed by atoms with Gasteiger partial charge in [0.15, 0.2) is 0 Å². The van der Waals surface area contributed by atoms with Crippen LogP contribution in [0.2, 0.25) is 0 Å². The van der Waals surface area contributed by atoms with E-state index in [0.717, 1.165) is 4.88 Å². The van der Waals surface area contributed by atoms with Crippen LogP contribution in [0, 0.1) is 0 Å². The number of nitrogens with two attached hydrogens (primary N) is 1. The molecule has 1 unspecified atom stereocenters. The topological polar surface area (TPSA) is 110 Å². The second-order valence-corrected chi connectivity index (χ2v) is 5.40. The smallest absolute Gasteiger partial charge is 0.305 e. The predicted octanol–water partition coefficient (Wildman–Crippen LogP) is 0.849. The van der Waals surface area contributed by atoms with Crippen molar-refractivity contribution in [2.24, 2.45) is 5.73 Å². The van der Waals surface area contributed by atoms with Gasteiger partial charge in [0.2, 0.25) is 0 Å². The van der Waals surface area contributed by atoms with Crippen LogP contribution >= 0.6 is 11.3 Å². The summed E-state index contributed by atoms with van der Waals surface area (Å²) in [5, 5.41) is 13.5. The summed E-state index contributed by atoms with van der Waals surface area (Å²) in [6.45, 7) is 1.03. The van der Waals surface area contributed by atoms with Crippen LogP contribution in [-0.4, -0.2) is 33.1 Å². The number of carbonyl (C=O) groups is 2. The molecule has 112 valence electrons. The van der Waals surface area contributed by atoms with Gasteiger partial charge in [-0.15, -0.1) is 11.3 Å². The number of amides is 1. The standard InChI is InChI=1S/C13H16N4O3S/c14-3-4-17-7-10(15-8-17)13(20)16-9(6-12(18)19)11-2-1-5-21-11/h1-2,5,7-9H,3-4,6,14H2,(H,16,20)(H,18,19). The van der Waals surface area contributed by atoms with Gasteiger partial charge in [0, 0.05) is 24.2 Å². The van der Waals surface area contributed by atoms with Gasteiger partial charge in [-0.3, -0.25) is 9.59 Å². The zero-order chi connectivity index (χ0) is 15.2. The fourth-order valence-electron chi connectivity index (χ4n) is 1.87. The highest BCUT2D eigenvalue weighted by atomic mass is 32.1. The van der Waals surface area contributed by atoms with E-state index in [1.807, 2.05) is 11.4 Å². The number of imidazole rings is 1. The normalized spacial score (nSPS) is 12.0. The minimum absolute atomic E-state index is 0.171. The van der Waals surface area contributed by atoms with Crippen LogP contribution in [0.1, 0.15) is 27.8 Å². The molecule has 8 heteroatoms. The van der Waals surface area contributed by atoms with Gasteiger partial charge in [-0.1, -0.05) is 6.07 Å². The maximum atomic E-state index is 12.1. The molecule has 0 aliphatic heterocycles. The number of rotatable bonds is 7. The van der Waals surface area contributed by atoms with Gasteiger partial charge in [-0.25, -0.2) is 4.98 Å². The monoisotopic (exact) mass is 308 g/mol. The minimum Gasteiger partial charge on any atom is -0.481 e. The number of nitrogens with one attached hydrogen (secondary N) is 1. The van der Waals surface area contributed by atoms with Gasteiger partial charge in [0.25, 0.3) is 5.91 Å². The molecule has 0 aromatic carbocycles. The molecule has 2 aromatic rings. The summed E-state index contributed by atoms with van der Waals surface area (Å²) < 4.78 is 1.71. The first-order valence-electron chi connectivity index (χ1n) is 6.38. The van der Waals surface area contributed by atoms with Crippen molar-refractivity contribution in [3.8, 4) is 0 Å². The van der Waals surface area contributed by atoms with Crippen molar-refractivity contribution in [3.05, 3.63) is 40.6 Å². The van der Waals surface area contributed by atoms with E-state index in [4.69, 9.17) is 10.8 Å². The third kappa shape index (κ3) is 4.14. The summed E-state index contributed by atoms with van der Waals surface area (Å²) in [4.78, 5) is 27.9. The van der Waals surface area contributed by atoms with Gasteiger partial charge in [-0.2, -0.15) is 0 Å². The third-order valence-corrected chi connectivity index (χ3v) is 3.81. The van der Waals surface area contributed by atoms with E-state index in [1.165, 1.54) is 17.7 Å². The quantitative estimate of drug-likeness (QED) is 0.702. The lowest BCUT2D eigenvalue weighted by atomic mass is 10.1. The molecular formula is C13H16N4O3S. The van der Waals surface area contributed by atoms with Crippen LogP contribution < -0.4 is 11.1 Å². The summed E-state index contributed by atoms with van der Waals surface area (Å²) in [6, 6.07) is 3.05. The molecule has 0 spiro atoms. The molecule has 2 rings (SSSR count). The number of aromatic nitrogens is 2. The second-order valence-electron chi connectivity index (χ2n) is 4.42. The number of thiophene rings is 1. The van der Waals surface area contributed by atoms with E-state index in [-0.39, 0.29) is 12.1 Å². The van der Waals surface area contributed by atoms with Crippen LogP contribution in [-0.2, 0) is 11.3 Å². The highest BCUT2D eigenvalue weighted by Gasteiger charge is 2.20. The largest absolute Gasteiger partial charge is 0.481 e. The van der Waals surface area contributed by atoms with E-state index in [2.05, 4.69) is 10.3 Å². The summed E-state index contributed by atoms with van der Waals surface area (Å²) >= 11 is 1.40. The first-order chi connectivity index (χ1) is 10.1. The van der Waals surface area contributed by atoms with Crippen molar-refractivity contribution in [2.75, 3.05) is 6.54 Å². The van der Waals surface area contributed by atoms with Gasteiger partial charge in [0.05, 0.1) is 18.8 Å². The van der Waals surface area contributed by atoms with Crippen LogP contribution in [0.15, 0.2) is 30.0 Å². The number of aliphatic carboxylic acids is 1. The van der Waals surface area contributed by atoms with Gasteiger partial charge in [0.1, 0.15) is 5.69 Å². The number of carboxylic acid groups (broad SMARTS) is 1. The SMILES string of the molecule is NCCn1cnc(C(=O)NC(CC(=O)O)c2cccs2)c1. The Bertz CT molecular complexity index is 609. The predicted molar refractivity (Wildman–Crippen MR) is 78.1 cm³/mol. The molecule has 0 saturated carbocycles. The molecule has 1 atom stereocenters. The first-order valence-corrected chi connectivity index (χ1v) is 7.26. The minimum atomic E-state index is -0.970. The number of hydrogen-bond donors (Lipinski definition) is 3. The van der Waals surface area contributed by atoms with Crippen molar-refractivity contribution in [1.82, 2.24) is 14.9 Å². The van der Waals surface area contributed by atoms with E-state index in [1.54, 1.807) is 16.8 Å². The molecular weight excluding hydrogens is 292 g/mol. The van der Waals surface area contributed by atoms with Crippen molar-refractivity contribution >= 4 is 23.2 Å². The number of carbonyl (C=O) groups excluding carboxylic acids is 1. The molecule has 21 heavy (non-hydrogen) atoms. The molecule has 0 bridgehead atoms. The lowest BCUT2D eigenvalue weighted by Crippen LogP contribution is -2.30. The van der Waals surface area contributed by atoms with E-state index in [9.17, 15) is 9.59 Å². The Morgan fingerprint density at radius 3 is 2.95 bits per heavy atom. The zero-order valence-electron chi connectivity index (χ0n) is 11.2. The number of carboxylic acids is 1. The second kappa shape index (κ2) is 7.00. The summed E-state index contributed by atoms with van der Waals surface area (Å²) in [7, 11) is 0. The van der Waals surface area contributed by atoms with E-state index >= 15 is 0 Å². The summed E-state index contributed by atoms with van der Waals surface area (Å²) in [5.74, 6) is -1.37. The molecule has 2 aromatic heterocycles. The lowest BCUT2D eigenvalue weighted by Gasteiger charge is -2.14. The Hall–Kier alpha value is -2.19. The highest BCUT2D eigenvalue weighted by molar-refractivity contribution is 7.10. The van der Waals surface area contributed by atoms with Crippen molar-refractivity contribution < 1.29 is 14.7 Å². The Balaban J connectivity index is 2.08. The van der Waals surface area contributed by atoms with Gasteiger partial charge < -0.3 is 20.7 Å². The molecule has 0 radical (unpaired) electrons. The molecule has 0 aliphatic carbocycles. The van der Waals surface area contributed by atoms with Gasteiger partial charge in [-0.05, 0) is 11.4 Å². The molecule has 2 heterocycles. The van der Waals surface area contributed by atoms with Crippen molar-refractivity contribution in [1.29, 1.82) is 0 Å². The van der Waals surface area contributed by atoms with E-state index in [0.29, 0.717) is 13.1 Å². The maximum Gasteiger partial charge on any atom is 0.305 e. The van der Waals surface area contributed by atoms with Crippen molar-refractivity contribution in [2.45, 2.75) is 19.0 Å². The Kier molecular flexibility index (Phi) is 5.07. The molecule has 4 N–H and O–H groups in total. The molecule has 1 amide bonds. The van der Waals surface area contributed by atoms with Crippen LogP contribution in [0.25, 0.3) is 0 Å². The van der Waals surface area contributed by atoms with Gasteiger partial charge >= 0.3 is 5.97 Å². The lowest BCUT2D eigenvalue weighted by molar-refractivity contribution is -0.137. The van der Waals surface area contributed by atoms with Crippen LogP contribution in [0.3, 0.4) is 0 Å². The van der Waals surface area contributed by atoms with Crippen LogP contribution in [0.5, 0.6) is 0 Å². The Labute approximate surface area is 125 Å². The first kappa shape index (κ1) is 15.2. The van der Waals surface area contributed by atoms with E-state index < -0.39 is 17.9 Å². The zero-order valence-corrected chi connectivity index (χ0v) is 12.0. The average Bonchev–Trinajstić information content (AvgIpc) is 3.09. The third-order valence-electron chi connectivity index (χ3n) is 2.82. The highest BCUT2D eigenvalue weighted by Crippen LogP contribution is 2.22. The number of hydrogen-bond acceptors (Lipinski definition) is 5. The van der Waals surface area contributed by atoms with Crippen LogP contribution in [0.4, 0.5) is 0 Å².